The first-order chi connectivity index (χ1) is 9.57. The summed E-state index contributed by atoms with van der Waals surface area (Å²) in [5, 5.41) is -0.0630. The molecule has 0 amide bonds. The van der Waals surface area contributed by atoms with E-state index in [-0.39, 0.29) is 16.7 Å². The molecule has 0 nitrogen and oxygen atoms in total. The van der Waals surface area contributed by atoms with Gasteiger partial charge in [0.15, 0.2) is 0 Å². The summed E-state index contributed by atoms with van der Waals surface area (Å²) < 4.78 is 0. The largest absolute Gasteiger partial charge is 0.117 e. The first-order valence-electron chi connectivity index (χ1n) is 6.94. The molecule has 0 spiro atoms. The Morgan fingerprint density at radius 3 is 1.80 bits per heavy atom. The van der Waals surface area contributed by atoms with E-state index in [0.29, 0.717) is 0 Å². The molecule has 104 valence electrons. The van der Waals surface area contributed by atoms with Gasteiger partial charge in [0.1, 0.15) is 0 Å². The highest BCUT2D eigenvalue weighted by Gasteiger charge is 2.36. The Labute approximate surface area is 127 Å². The second kappa shape index (κ2) is 6.28. The molecule has 0 fully saturated rings. The second-order valence-corrected chi connectivity index (χ2v) is 6.16. The van der Waals surface area contributed by atoms with Gasteiger partial charge in [0.05, 0.1) is 5.38 Å². The van der Waals surface area contributed by atoms with Gasteiger partial charge in [0.2, 0.25) is 0 Å². The fourth-order valence-corrected chi connectivity index (χ4v) is 3.02. The van der Waals surface area contributed by atoms with Crippen LogP contribution in [0.5, 0.6) is 0 Å². The van der Waals surface area contributed by atoms with Crippen molar-refractivity contribution < 1.29 is 0 Å². The van der Waals surface area contributed by atoms with Gasteiger partial charge in [-0.15, -0.1) is 18.2 Å². The first kappa shape index (κ1) is 14.9. The molecule has 2 aromatic rings. The second-order valence-electron chi connectivity index (χ2n) is 5.72. The maximum Gasteiger partial charge on any atom is 0.0645 e. The number of hydrogen-bond donors (Lipinski definition) is 0. The maximum absolute atomic E-state index is 6.77. The molecule has 2 aromatic carbocycles. The highest BCUT2D eigenvalue weighted by atomic mass is 35.5. The normalized spacial score (nSPS) is 14.6. The van der Waals surface area contributed by atoms with E-state index in [0.717, 1.165) is 5.56 Å². The summed E-state index contributed by atoms with van der Waals surface area (Å²) in [6.45, 7) is 8.43. The molecule has 0 radical (unpaired) electrons. The van der Waals surface area contributed by atoms with E-state index >= 15 is 0 Å². The average molecular weight is 285 g/mol. The summed E-state index contributed by atoms with van der Waals surface area (Å²) in [7, 11) is 0. The van der Waals surface area contributed by atoms with E-state index in [2.05, 4.69) is 56.8 Å². The first-order valence-corrected chi connectivity index (χ1v) is 7.37. The molecule has 0 saturated heterocycles. The number of allylic oxidation sites excluding steroid dienone is 1. The van der Waals surface area contributed by atoms with Gasteiger partial charge in [-0.1, -0.05) is 80.6 Å². The van der Waals surface area contributed by atoms with Crippen LogP contribution >= 0.6 is 11.6 Å². The zero-order chi connectivity index (χ0) is 14.6. The lowest BCUT2D eigenvalue weighted by Crippen LogP contribution is -2.26. The molecule has 1 heteroatoms. The van der Waals surface area contributed by atoms with Crippen LogP contribution in [0.4, 0.5) is 0 Å². The van der Waals surface area contributed by atoms with Crippen LogP contribution in [0.3, 0.4) is 0 Å². The van der Waals surface area contributed by atoms with E-state index in [1.54, 1.807) is 0 Å². The standard InChI is InChI=1S/C19H21Cl/c1-4-17(15-11-7-5-8-12-15)19(2,3)18(20)16-13-9-6-10-14-16/h4-14,17-18H,1H2,2-3H3/t17-,18-/m0/s1. The van der Waals surface area contributed by atoms with Crippen LogP contribution in [-0.4, -0.2) is 0 Å². The zero-order valence-corrected chi connectivity index (χ0v) is 12.8. The van der Waals surface area contributed by atoms with Crippen molar-refractivity contribution in [3.8, 4) is 0 Å². The van der Waals surface area contributed by atoms with Crippen molar-refractivity contribution in [2.75, 3.05) is 0 Å². The van der Waals surface area contributed by atoms with Gasteiger partial charge in [-0.05, 0) is 16.5 Å². The molecule has 0 unspecified atom stereocenters. The highest BCUT2D eigenvalue weighted by molar-refractivity contribution is 6.21. The Bertz CT molecular complexity index is 542. The van der Waals surface area contributed by atoms with Gasteiger partial charge in [-0.3, -0.25) is 0 Å². The van der Waals surface area contributed by atoms with Crippen molar-refractivity contribution in [3.05, 3.63) is 84.4 Å². The number of benzene rings is 2. The van der Waals surface area contributed by atoms with E-state index in [9.17, 15) is 0 Å². The van der Waals surface area contributed by atoms with Crippen LogP contribution < -0.4 is 0 Å². The van der Waals surface area contributed by atoms with Crippen LogP contribution in [0.1, 0.15) is 36.3 Å². The number of halogens is 1. The third-order valence-corrected chi connectivity index (χ3v) is 4.76. The van der Waals surface area contributed by atoms with Crippen LogP contribution in [0.2, 0.25) is 0 Å². The lowest BCUT2D eigenvalue weighted by molar-refractivity contribution is 0.310. The van der Waals surface area contributed by atoms with Gasteiger partial charge >= 0.3 is 0 Å². The Balaban J connectivity index is 2.35. The highest BCUT2D eigenvalue weighted by Crippen LogP contribution is 2.49. The Kier molecular flexibility index (Phi) is 4.67. The van der Waals surface area contributed by atoms with Crippen molar-refractivity contribution in [1.82, 2.24) is 0 Å². The van der Waals surface area contributed by atoms with Crippen molar-refractivity contribution in [2.45, 2.75) is 25.1 Å². The molecule has 0 N–H and O–H groups in total. The quantitative estimate of drug-likeness (QED) is 0.469. The fraction of sp³-hybridized carbons (Fsp3) is 0.263. The van der Waals surface area contributed by atoms with Gasteiger partial charge in [0, 0.05) is 5.92 Å². The van der Waals surface area contributed by atoms with E-state index in [4.69, 9.17) is 11.6 Å². The SMILES string of the molecule is C=C[C@@H](c1ccccc1)C(C)(C)[C@@H](Cl)c1ccccc1. The lowest BCUT2D eigenvalue weighted by Gasteiger charge is -2.37. The maximum atomic E-state index is 6.77. The van der Waals surface area contributed by atoms with Gasteiger partial charge < -0.3 is 0 Å². The summed E-state index contributed by atoms with van der Waals surface area (Å²) in [5.41, 5.74) is 2.29. The summed E-state index contributed by atoms with van der Waals surface area (Å²) in [5.74, 6) is 0.214. The topological polar surface area (TPSA) is 0 Å². The molecular weight excluding hydrogens is 264 g/mol. The third-order valence-electron chi connectivity index (χ3n) is 3.94. The van der Waals surface area contributed by atoms with Gasteiger partial charge in [-0.2, -0.15) is 0 Å². The Morgan fingerprint density at radius 2 is 1.35 bits per heavy atom. The monoisotopic (exact) mass is 284 g/mol. The minimum atomic E-state index is -0.119. The van der Waals surface area contributed by atoms with E-state index in [1.165, 1.54) is 5.56 Å². The van der Waals surface area contributed by atoms with Crippen LogP contribution in [0.15, 0.2) is 73.3 Å². The van der Waals surface area contributed by atoms with Crippen molar-refractivity contribution >= 4 is 11.6 Å². The molecule has 0 aliphatic heterocycles. The van der Waals surface area contributed by atoms with E-state index in [1.807, 2.05) is 30.3 Å². The number of rotatable bonds is 5. The van der Waals surface area contributed by atoms with Gasteiger partial charge in [-0.25, -0.2) is 0 Å². The van der Waals surface area contributed by atoms with Crippen molar-refractivity contribution in [1.29, 1.82) is 0 Å². The molecule has 20 heavy (non-hydrogen) atoms. The molecule has 0 saturated carbocycles. The van der Waals surface area contributed by atoms with Crippen LogP contribution in [-0.2, 0) is 0 Å². The van der Waals surface area contributed by atoms with Crippen LogP contribution in [0, 0.1) is 5.41 Å². The summed E-state index contributed by atoms with van der Waals surface area (Å²) in [6, 6.07) is 20.7. The van der Waals surface area contributed by atoms with E-state index < -0.39 is 0 Å². The molecule has 0 aromatic heterocycles. The molecule has 0 aliphatic carbocycles. The zero-order valence-electron chi connectivity index (χ0n) is 12.1. The molecular formula is C19H21Cl. The van der Waals surface area contributed by atoms with Crippen LogP contribution in [0.25, 0.3) is 0 Å². The Hall–Kier alpha value is -1.53. The minimum absolute atomic E-state index is 0.0630. The predicted molar refractivity (Wildman–Crippen MR) is 88.2 cm³/mol. The summed E-state index contributed by atoms with van der Waals surface area (Å²) in [6.07, 6.45) is 2.01. The number of alkyl halides is 1. The van der Waals surface area contributed by atoms with Gasteiger partial charge in [0.25, 0.3) is 0 Å². The average Bonchev–Trinajstić information content (AvgIpc) is 2.49. The Morgan fingerprint density at radius 1 is 0.900 bits per heavy atom. The smallest absolute Gasteiger partial charge is 0.0645 e. The molecule has 2 atom stereocenters. The van der Waals surface area contributed by atoms with Crippen molar-refractivity contribution in [3.63, 3.8) is 0 Å². The molecule has 0 bridgehead atoms. The number of hydrogen-bond acceptors (Lipinski definition) is 0. The third kappa shape index (κ3) is 2.96. The predicted octanol–water partition coefficient (Wildman–Crippen LogP) is 5.96. The fourth-order valence-electron chi connectivity index (χ4n) is 2.74. The lowest BCUT2D eigenvalue weighted by atomic mass is 9.71. The summed E-state index contributed by atoms with van der Waals surface area (Å²) in [4.78, 5) is 0. The van der Waals surface area contributed by atoms with Crippen molar-refractivity contribution in [2.24, 2.45) is 5.41 Å². The molecule has 2 rings (SSSR count). The summed E-state index contributed by atoms with van der Waals surface area (Å²) >= 11 is 6.77. The molecule has 0 heterocycles. The molecule has 0 aliphatic rings. The minimum Gasteiger partial charge on any atom is -0.117 e.